The van der Waals surface area contributed by atoms with Gasteiger partial charge in [0.25, 0.3) is 0 Å². The van der Waals surface area contributed by atoms with E-state index in [-0.39, 0.29) is 69.6 Å². The number of ether oxygens (including phenoxy) is 3. The Labute approximate surface area is 673 Å². The minimum Gasteiger partial charge on any atom is -0.349 e. The highest BCUT2D eigenvalue weighted by molar-refractivity contribution is 5.85. The number of fused-ring (bicyclic) bond motifs is 3. The number of benzene rings is 3. The van der Waals surface area contributed by atoms with Crippen molar-refractivity contribution in [1.82, 2.24) is 103 Å². The molecule has 612 valence electrons. The van der Waals surface area contributed by atoms with E-state index in [1.165, 1.54) is 18.2 Å². The van der Waals surface area contributed by atoms with E-state index in [0.29, 0.717) is 88.0 Å². The Morgan fingerprint density at radius 3 is 0.812 bits per heavy atom. The van der Waals surface area contributed by atoms with Gasteiger partial charge in [-0.05, 0) is 155 Å². The van der Waals surface area contributed by atoms with Crippen molar-refractivity contribution in [2.45, 2.75) is 118 Å². The van der Waals surface area contributed by atoms with Gasteiger partial charge in [0.1, 0.15) is 68.6 Å². The lowest BCUT2D eigenvalue weighted by Crippen LogP contribution is -2.50. The predicted molar refractivity (Wildman–Crippen MR) is 434 cm³/mol. The number of nitrogens with zero attached hydrogens (tertiary/aromatic N) is 21. The lowest BCUT2D eigenvalue weighted by atomic mass is 10.1. The van der Waals surface area contributed by atoms with E-state index in [4.69, 9.17) is 14.2 Å². The molecule has 0 aliphatic carbocycles. The van der Waals surface area contributed by atoms with Gasteiger partial charge in [-0.1, -0.05) is 20.8 Å². The van der Waals surface area contributed by atoms with Crippen molar-refractivity contribution < 1.29 is 40.6 Å². The van der Waals surface area contributed by atoms with Gasteiger partial charge in [-0.25, -0.2) is 86.2 Å². The Bertz CT molecular complexity index is 5070. The molecule has 3 aromatic carbocycles. The second kappa shape index (κ2) is 32.7. The minimum absolute atomic E-state index is 0.00404. The molecule has 33 heteroatoms. The Kier molecular flexibility index (Phi) is 22.4. The Morgan fingerprint density at radius 2 is 0.598 bits per heavy atom. The minimum atomic E-state index is -0.647. The van der Waals surface area contributed by atoms with Gasteiger partial charge in [0, 0.05) is 149 Å². The lowest BCUT2D eigenvalue weighted by molar-refractivity contribution is 0.0274. The zero-order valence-corrected chi connectivity index (χ0v) is 67.7. The highest BCUT2D eigenvalue weighted by Gasteiger charge is 2.55. The number of aryl methyl sites for hydroxylation is 3. The zero-order chi connectivity index (χ0) is 81.9. The summed E-state index contributed by atoms with van der Waals surface area (Å²) in [5.41, 5.74) is 5.24. The zero-order valence-electron chi connectivity index (χ0n) is 67.7. The Hall–Kier alpha value is -10.6. The van der Waals surface area contributed by atoms with Crippen LogP contribution < -0.4 is 16.0 Å². The summed E-state index contributed by atoms with van der Waals surface area (Å²) in [5.74, 6) is 0.577. The third-order valence-electron chi connectivity index (χ3n) is 23.0. The van der Waals surface area contributed by atoms with Crippen molar-refractivity contribution in [1.29, 1.82) is 0 Å². The third kappa shape index (κ3) is 16.0. The highest BCUT2D eigenvalue weighted by Crippen LogP contribution is 2.46. The smallest absolute Gasteiger partial charge is 0.229 e. The first-order chi connectivity index (χ1) is 56.4. The molecule has 15 heterocycles. The molecule has 6 saturated heterocycles. The van der Waals surface area contributed by atoms with E-state index in [0.717, 1.165) is 133 Å². The number of hydrogen-bond acceptors (Lipinski definition) is 24. The summed E-state index contributed by atoms with van der Waals surface area (Å²) < 4.78 is 113. The molecule has 27 nitrogen and oxygen atoms in total. The fraction of sp³-hybridized carbons (Fsp3) is 0.429. The second-order valence-electron chi connectivity index (χ2n) is 31.2. The van der Waals surface area contributed by atoms with Crippen molar-refractivity contribution >= 4 is 68.4 Å². The number of hydrogen-bond donors (Lipinski definition) is 3. The number of likely N-dealkylation sites (N-methyl/N-ethyl adjacent to an activating group) is 3. The highest BCUT2D eigenvalue weighted by atomic mass is 19.1. The number of pyridine rings is 3. The number of halogens is 6. The maximum absolute atomic E-state index is 15.0. The average Bonchev–Trinajstić information content (AvgIpc) is 1.59. The standard InChI is InChI=1S/3C28H32F2N8O/c3*1-5-36-8-10-37(11-9-36)28(16-39-28)20-6-7-24(31-14-20)34-27-32-15-22(30)25(35-27)19-12-21(29)26-23(13-19)38(17(2)3)18(4)33-26/h3*6-7,12-15,17H,5,8-11,16H2,1-4H3,(H,31,32,34,35)/t2*28-;/m10./s1. The maximum atomic E-state index is 15.0. The van der Waals surface area contributed by atoms with Crippen LogP contribution in [0.4, 0.5) is 61.6 Å². The van der Waals surface area contributed by atoms with Crippen molar-refractivity contribution in [3.63, 3.8) is 0 Å². The fourth-order valence-corrected chi connectivity index (χ4v) is 16.6. The summed E-state index contributed by atoms with van der Waals surface area (Å²) in [4.78, 5) is 66.5. The molecule has 0 bridgehead atoms. The van der Waals surface area contributed by atoms with Crippen molar-refractivity contribution in [2.75, 3.05) is 134 Å². The number of rotatable bonds is 21. The van der Waals surface area contributed by atoms with E-state index in [1.54, 1.807) is 36.8 Å². The summed E-state index contributed by atoms with van der Waals surface area (Å²) in [7, 11) is 0. The quantitative estimate of drug-likeness (QED) is 0.0446. The largest absolute Gasteiger partial charge is 0.349 e. The van der Waals surface area contributed by atoms with E-state index < -0.39 is 52.1 Å². The molecule has 0 radical (unpaired) electrons. The molecule has 12 aromatic rings. The molecule has 0 saturated carbocycles. The predicted octanol–water partition coefficient (Wildman–Crippen LogP) is 13.9. The molecule has 0 spiro atoms. The fourth-order valence-electron chi connectivity index (χ4n) is 16.6. The van der Waals surface area contributed by atoms with Crippen LogP contribution in [-0.2, 0) is 31.4 Å². The van der Waals surface area contributed by atoms with Crippen LogP contribution in [0.3, 0.4) is 0 Å². The Morgan fingerprint density at radius 1 is 0.342 bits per heavy atom. The Balaban J connectivity index is 0.000000131. The van der Waals surface area contributed by atoms with E-state index >= 15 is 0 Å². The SMILES string of the molecule is CCN1CCN(C2(c3ccc(Nc4ncc(F)c(-c5cc(F)c6nc(C)n(C(C)C)c6c5)n4)nc3)CO2)CC1.CCN1CCN([C@@]2(c3ccc(Nc4ncc(F)c(-c5cc(F)c6nc(C)n(C(C)C)c6c5)n4)nc3)CO2)CC1.CCN1CCN([C@]2(c3ccc(Nc4ncc(F)c(-c5cc(F)c6nc(C)n(C(C)C)c6c5)n4)nc3)CO2)CC1. The molecule has 6 fully saturated rings. The van der Waals surface area contributed by atoms with Crippen molar-refractivity contribution in [2.24, 2.45) is 0 Å². The molecule has 0 amide bonds. The lowest BCUT2D eigenvalue weighted by Gasteiger charge is -2.37. The molecule has 6 aliphatic heterocycles. The van der Waals surface area contributed by atoms with Crippen LogP contribution in [0.5, 0.6) is 0 Å². The molecule has 3 atom stereocenters. The van der Waals surface area contributed by atoms with Gasteiger partial charge >= 0.3 is 0 Å². The first-order valence-corrected chi connectivity index (χ1v) is 40.0. The van der Waals surface area contributed by atoms with Gasteiger partial charge in [0.15, 0.2) is 52.1 Å². The monoisotopic (exact) mass is 1600 g/mol. The van der Waals surface area contributed by atoms with Gasteiger partial charge < -0.3 is 58.6 Å². The molecule has 18 rings (SSSR count). The first-order valence-electron chi connectivity index (χ1n) is 40.0. The molecule has 1 unspecified atom stereocenters. The average molecular weight is 1600 g/mol. The van der Waals surface area contributed by atoms with Gasteiger partial charge in [0.05, 0.1) is 55.0 Å². The summed E-state index contributed by atoms with van der Waals surface area (Å²) in [6.45, 7) is 40.9. The van der Waals surface area contributed by atoms with Crippen LogP contribution in [0.1, 0.15) is 115 Å². The van der Waals surface area contributed by atoms with Crippen LogP contribution in [0.25, 0.3) is 66.9 Å². The van der Waals surface area contributed by atoms with Crippen LogP contribution >= 0.6 is 0 Å². The maximum Gasteiger partial charge on any atom is 0.229 e. The molecular formula is C84H96F6N24O3. The number of epoxide rings is 3. The molecular weight excluding hydrogens is 1510 g/mol. The summed E-state index contributed by atoms with van der Waals surface area (Å²) in [6, 6.07) is 20.6. The van der Waals surface area contributed by atoms with Crippen molar-refractivity contribution in [3.05, 3.63) is 179 Å². The van der Waals surface area contributed by atoms with E-state index in [2.05, 4.69) is 126 Å². The summed E-state index contributed by atoms with van der Waals surface area (Å²) >= 11 is 0. The number of anilines is 6. The van der Waals surface area contributed by atoms with E-state index in [1.807, 2.05) is 112 Å². The first kappa shape index (κ1) is 80.2. The molecule has 117 heavy (non-hydrogen) atoms. The molecule has 6 aliphatic rings. The van der Waals surface area contributed by atoms with E-state index in [9.17, 15) is 26.3 Å². The van der Waals surface area contributed by atoms with Crippen LogP contribution in [0.2, 0.25) is 0 Å². The number of nitrogens with one attached hydrogen (secondary N) is 3. The van der Waals surface area contributed by atoms with Crippen LogP contribution in [-0.4, -0.2) is 221 Å². The summed E-state index contributed by atoms with van der Waals surface area (Å²) in [6.07, 6.45) is 8.62. The number of piperazine rings is 3. The normalized spacial score (nSPS) is 20.2. The third-order valence-corrected chi connectivity index (χ3v) is 23.0. The van der Waals surface area contributed by atoms with Gasteiger partial charge in [-0.3, -0.25) is 14.7 Å². The topological polar surface area (TPSA) is 263 Å². The molecule has 9 aromatic heterocycles. The van der Waals surface area contributed by atoms with Crippen molar-refractivity contribution in [3.8, 4) is 33.8 Å². The second-order valence-corrected chi connectivity index (χ2v) is 31.2. The number of aromatic nitrogens is 15. The summed E-state index contributed by atoms with van der Waals surface area (Å²) in [5, 5.41) is 9.14. The van der Waals surface area contributed by atoms with Gasteiger partial charge in [-0.15, -0.1) is 0 Å². The number of imidazole rings is 3. The van der Waals surface area contributed by atoms with Gasteiger partial charge in [0.2, 0.25) is 17.8 Å². The van der Waals surface area contributed by atoms with Gasteiger partial charge in [-0.2, -0.15) is 0 Å². The van der Waals surface area contributed by atoms with Crippen LogP contribution in [0, 0.1) is 55.7 Å². The van der Waals surface area contributed by atoms with Crippen LogP contribution in [0.15, 0.2) is 110 Å². The molecule has 3 N–H and O–H groups in total.